The third-order valence-electron chi connectivity index (χ3n) is 4.04. The van der Waals surface area contributed by atoms with Gasteiger partial charge in [-0.15, -0.1) is 0 Å². The molecule has 2 rings (SSSR count). The Morgan fingerprint density at radius 1 is 1.44 bits per heavy atom. The van der Waals surface area contributed by atoms with Crippen LogP contribution in [0.15, 0.2) is 24.3 Å². The zero-order valence-electron chi connectivity index (χ0n) is 11.2. The normalized spacial score (nSPS) is 22.2. The SMILES string of the molecule is CC(C)C(F)(CN)CC1CCOc2ccccc21. The molecule has 0 aliphatic carbocycles. The minimum absolute atomic E-state index is 0.0579. The highest BCUT2D eigenvalue weighted by Gasteiger charge is 2.37. The average molecular weight is 251 g/mol. The van der Waals surface area contributed by atoms with Crippen molar-refractivity contribution in [1.82, 2.24) is 0 Å². The molecule has 18 heavy (non-hydrogen) atoms. The van der Waals surface area contributed by atoms with Crippen molar-refractivity contribution in [1.29, 1.82) is 0 Å². The van der Waals surface area contributed by atoms with Gasteiger partial charge in [0.1, 0.15) is 11.4 Å². The van der Waals surface area contributed by atoms with E-state index in [1.54, 1.807) is 0 Å². The van der Waals surface area contributed by atoms with E-state index in [4.69, 9.17) is 10.5 Å². The molecule has 1 aromatic carbocycles. The molecule has 0 fully saturated rings. The van der Waals surface area contributed by atoms with Gasteiger partial charge in [-0.05, 0) is 36.3 Å². The van der Waals surface area contributed by atoms with Crippen molar-refractivity contribution in [3.63, 3.8) is 0 Å². The predicted octanol–water partition coefficient (Wildman–Crippen LogP) is 3.27. The summed E-state index contributed by atoms with van der Waals surface area (Å²) in [4.78, 5) is 0. The Labute approximate surface area is 108 Å². The number of fused-ring (bicyclic) bond motifs is 1. The molecule has 2 atom stereocenters. The van der Waals surface area contributed by atoms with Gasteiger partial charge in [-0.3, -0.25) is 0 Å². The molecule has 0 saturated heterocycles. The maximum Gasteiger partial charge on any atom is 0.126 e. The molecule has 2 unspecified atom stereocenters. The number of hydrogen-bond acceptors (Lipinski definition) is 2. The minimum Gasteiger partial charge on any atom is -0.493 e. The van der Waals surface area contributed by atoms with Crippen LogP contribution in [0.25, 0.3) is 0 Å². The first-order valence-electron chi connectivity index (χ1n) is 6.67. The predicted molar refractivity (Wildman–Crippen MR) is 71.6 cm³/mol. The van der Waals surface area contributed by atoms with Gasteiger partial charge in [0.05, 0.1) is 6.61 Å². The lowest BCUT2D eigenvalue weighted by Crippen LogP contribution is -2.40. The lowest BCUT2D eigenvalue weighted by atomic mass is 9.78. The third kappa shape index (κ3) is 2.51. The van der Waals surface area contributed by atoms with Crippen LogP contribution in [0.1, 0.15) is 38.2 Å². The van der Waals surface area contributed by atoms with Crippen molar-refractivity contribution >= 4 is 0 Å². The van der Waals surface area contributed by atoms with Gasteiger partial charge in [0.15, 0.2) is 0 Å². The van der Waals surface area contributed by atoms with Gasteiger partial charge < -0.3 is 10.5 Å². The van der Waals surface area contributed by atoms with E-state index in [0.29, 0.717) is 13.0 Å². The van der Waals surface area contributed by atoms with E-state index in [2.05, 4.69) is 0 Å². The van der Waals surface area contributed by atoms with Crippen LogP contribution in [0.4, 0.5) is 4.39 Å². The van der Waals surface area contributed by atoms with E-state index < -0.39 is 5.67 Å². The summed E-state index contributed by atoms with van der Waals surface area (Å²) in [5.74, 6) is 1.06. The summed E-state index contributed by atoms with van der Waals surface area (Å²) in [6, 6.07) is 7.93. The zero-order valence-corrected chi connectivity index (χ0v) is 11.2. The number of para-hydroxylation sites is 1. The smallest absolute Gasteiger partial charge is 0.126 e. The van der Waals surface area contributed by atoms with Gasteiger partial charge in [0.2, 0.25) is 0 Å². The highest BCUT2D eigenvalue weighted by atomic mass is 19.1. The van der Waals surface area contributed by atoms with Crippen molar-refractivity contribution in [2.24, 2.45) is 11.7 Å². The summed E-state index contributed by atoms with van der Waals surface area (Å²) >= 11 is 0. The lowest BCUT2D eigenvalue weighted by Gasteiger charge is -2.34. The Kier molecular flexibility index (Phi) is 3.91. The first-order chi connectivity index (χ1) is 8.57. The quantitative estimate of drug-likeness (QED) is 0.891. The Bertz CT molecular complexity index is 407. The van der Waals surface area contributed by atoms with Crippen molar-refractivity contribution < 1.29 is 9.13 Å². The van der Waals surface area contributed by atoms with Crippen LogP contribution in [-0.2, 0) is 0 Å². The van der Waals surface area contributed by atoms with Gasteiger partial charge in [-0.1, -0.05) is 32.0 Å². The largest absolute Gasteiger partial charge is 0.493 e. The second-order valence-electron chi connectivity index (χ2n) is 5.47. The van der Waals surface area contributed by atoms with Crippen molar-refractivity contribution in [2.45, 2.75) is 38.3 Å². The number of ether oxygens (including phenoxy) is 1. The van der Waals surface area contributed by atoms with E-state index in [1.165, 1.54) is 0 Å². The topological polar surface area (TPSA) is 35.2 Å². The van der Waals surface area contributed by atoms with Gasteiger partial charge >= 0.3 is 0 Å². The number of benzene rings is 1. The first kappa shape index (κ1) is 13.3. The number of halogens is 1. The van der Waals surface area contributed by atoms with Crippen LogP contribution in [0.3, 0.4) is 0 Å². The van der Waals surface area contributed by atoms with Gasteiger partial charge in [0.25, 0.3) is 0 Å². The summed E-state index contributed by atoms with van der Waals surface area (Å²) in [6.45, 7) is 4.56. The van der Waals surface area contributed by atoms with Crippen LogP contribution in [0.2, 0.25) is 0 Å². The molecule has 0 amide bonds. The fourth-order valence-corrected chi connectivity index (χ4v) is 2.59. The molecular weight excluding hydrogens is 229 g/mol. The minimum atomic E-state index is -1.28. The molecule has 100 valence electrons. The molecule has 0 bridgehead atoms. The Balaban J connectivity index is 2.21. The molecule has 1 aliphatic heterocycles. The number of hydrogen-bond donors (Lipinski definition) is 1. The fraction of sp³-hybridized carbons (Fsp3) is 0.600. The van der Waals surface area contributed by atoms with E-state index in [1.807, 2.05) is 38.1 Å². The lowest BCUT2D eigenvalue weighted by molar-refractivity contribution is 0.0820. The van der Waals surface area contributed by atoms with Crippen LogP contribution < -0.4 is 10.5 Å². The molecule has 2 N–H and O–H groups in total. The van der Waals surface area contributed by atoms with E-state index in [9.17, 15) is 4.39 Å². The average Bonchev–Trinajstić information content (AvgIpc) is 2.39. The maximum absolute atomic E-state index is 14.8. The Morgan fingerprint density at radius 3 is 2.83 bits per heavy atom. The monoisotopic (exact) mass is 251 g/mol. The molecule has 0 spiro atoms. The second kappa shape index (κ2) is 5.27. The molecule has 0 radical (unpaired) electrons. The van der Waals surface area contributed by atoms with Crippen LogP contribution >= 0.6 is 0 Å². The van der Waals surface area contributed by atoms with Crippen molar-refractivity contribution in [3.8, 4) is 5.75 Å². The van der Waals surface area contributed by atoms with Gasteiger partial charge in [0, 0.05) is 6.54 Å². The molecule has 3 heteroatoms. The molecular formula is C15H22FNO. The molecule has 0 aromatic heterocycles. The fourth-order valence-electron chi connectivity index (χ4n) is 2.59. The van der Waals surface area contributed by atoms with Gasteiger partial charge in [-0.2, -0.15) is 0 Å². The van der Waals surface area contributed by atoms with Crippen LogP contribution in [0, 0.1) is 5.92 Å². The first-order valence-corrected chi connectivity index (χ1v) is 6.67. The van der Waals surface area contributed by atoms with E-state index >= 15 is 0 Å². The Hall–Kier alpha value is -1.09. The van der Waals surface area contributed by atoms with E-state index in [-0.39, 0.29) is 18.4 Å². The highest BCUT2D eigenvalue weighted by molar-refractivity contribution is 5.38. The summed E-state index contributed by atoms with van der Waals surface area (Å²) < 4.78 is 20.4. The number of rotatable bonds is 4. The second-order valence-corrected chi connectivity index (χ2v) is 5.47. The molecule has 1 aliphatic rings. The number of nitrogens with two attached hydrogens (primary N) is 1. The molecule has 0 saturated carbocycles. The van der Waals surface area contributed by atoms with Crippen molar-refractivity contribution in [2.75, 3.05) is 13.2 Å². The highest BCUT2D eigenvalue weighted by Crippen LogP contribution is 2.41. The van der Waals surface area contributed by atoms with E-state index in [0.717, 1.165) is 17.7 Å². The summed E-state index contributed by atoms with van der Waals surface area (Å²) in [7, 11) is 0. The molecule has 1 heterocycles. The van der Waals surface area contributed by atoms with Gasteiger partial charge in [-0.25, -0.2) is 4.39 Å². The summed E-state index contributed by atoms with van der Waals surface area (Å²) in [6.07, 6.45) is 1.36. The molecule has 1 aromatic rings. The number of alkyl halides is 1. The maximum atomic E-state index is 14.8. The Morgan fingerprint density at radius 2 is 2.17 bits per heavy atom. The summed E-state index contributed by atoms with van der Waals surface area (Å²) in [5, 5.41) is 0. The standard InChI is InChI=1S/C15H22FNO/c1-11(2)15(16,10-17)9-12-7-8-18-14-6-4-3-5-13(12)14/h3-6,11-12H,7-10,17H2,1-2H3. The molecule has 2 nitrogen and oxygen atoms in total. The van der Waals surface area contributed by atoms with Crippen LogP contribution in [-0.4, -0.2) is 18.8 Å². The van der Waals surface area contributed by atoms with Crippen molar-refractivity contribution in [3.05, 3.63) is 29.8 Å². The summed E-state index contributed by atoms with van der Waals surface area (Å²) in [5.41, 5.74) is 5.48. The van der Waals surface area contributed by atoms with Crippen LogP contribution in [0.5, 0.6) is 5.75 Å². The third-order valence-corrected chi connectivity index (χ3v) is 4.04. The zero-order chi connectivity index (χ0) is 13.2.